The molecule has 0 spiro atoms. The first-order valence-corrected chi connectivity index (χ1v) is 6.38. The Balaban J connectivity index is 2.47. The molecule has 0 amide bonds. The molecule has 0 aliphatic rings. The summed E-state index contributed by atoms with van der Waals surface area (Å²) in [5, 5.41) is 8.49. The zero-order valence-corrected chi connectivity index (χ0v) is 11.4. The highest BCUT2D eigenvalue weighted by molar-refractivity contribution is 9.10. The number of pyridine rings is 1. The molecule has 1 heterocycles. The maximum Gasteiger partial charge on any atom is 0.303 e. The van der Waals surface area contributed by atoms with E-state index in [1.54, 1.807) is 23.8 Å². The molecule has 1 aromatic heterocycles. The first-order chi connectivity index (χ1) is 8.00. The van der Waals surface area contributed by atoms with Gasteiger partial charge in [-0.1, -0.05) is 6.42 Å². The fraction of sp³-hybridized carbons (Fsp3) is 0.500. The lowest BCUT2D eigenvalue weighted by molar-refractivity contribution is -0.137. The monoisotopic (exact) mass is 301 g/mol. The highest BCUT2D eigenvalue weighted by atomic mass is 79.9. The van der Waals surface area contributed by atoms with Crippen molar-refractivity contribution in [2.24, 2.45) is 0 Å². The number of unbranched alkanes of at least 4 members (excludes halogenated alkanes) is 2. The maximum absolute atomic E-state index is 11.7. The highest BCUT2D eigenvalue weighted by Gasteiger charge is 2.02. The molecule has 0 aliphatic carbocycles. The summed E-state index contributed by atoms with van der Waals surface area (Å²) in [5.74, 6) is -0.763. The molecule has 0 saturated carbocycles. The van der Waals surface area contributed by atoms with Crippen molar-refractivity contribution in [3.63, 3.8) is 0 Å². The van der Waals surface area contributed by atoms with E-state index in [0.29, 0.717) is 18.5 Å². The number of carboxylic acid groups (broad SMARTS) is 1. The Kier molecular flexibility index (Phi) is 5.41. The van der Waals surface area contributed by atoms with E-state index in [9.17, 15) is 9.59 Å². The number of carbonyl (C=O) groups is 1. The Morgan fingerprint density at radius 2 is 2.12 bits per heavy atom. The van der Waals surface area contributed by atoms with Crippen LogP contribution in [-0.2, 0) is 11.3 Å². The molecule has 1 N–H and O–H groups in total. The molecule has 4 nitrogen and oxygen atoms in total. The topological polar surface area (TPSA) is 59.3 Å². The number of hydrogen-bond acceptors (Lipinski definition) is 2. The lowest BCUT2D eigenvalue weighted by atomic mass is 10.2. The summed E-state index contributed by atoms with van der Waals surface area (Å²) in [5.41, 5.74) is 0.733. The van der Waals surface area contributed by atoms with Gasteiger partial charge in [0.25, 0.3) is 5.56 Å². The standard InChI is InChI=1S/C12H16BrNO3/c1-9-7-10(13)8-14(12(9)17)6-4-2-3-5-11(15)16/h7-8H,2-6H2,1H3,(H,15,16). The van der Waals surface area contributed by atoms with Gasteiger partial charge in [-0.2, -0.15) is 0 Å². The number of hydrogen-bond donors (Lipinski definition) is 1. The van der Waals surface area contributed by atoms with E-state index in [-0.39, 0.29) is 12.0 Å². The minimum absolute atomic E-state index is 0.0198. The first kappa shape index (κ1) is 14.0. The first-order valence-electron chi connectivity index (χ1n) is 5.59. The number of carboxylic acids is 1. The third-order valence-corrected chi connectivity index (χ3v) is 2.96. The quantitative estimate of drug-likeness (QED) is 0.822. The summed E-state index contributed by atoms with van der Waals surface area (Å²) in [6.45, 7) is 2.42. The third-order valence-electron chi connectivity index (χ3n) is 2.52. The Morgan fingerprint density at radius 1 is 1.41 bits per heavy atom. The number of rotatable bonds is 6. The SMILES string of the molecule is Cc1cc(Br)cn(CCCCCC(=O)O)c1=O. The summed E-state index contributed by atoms with van der Waals surface area (Å²) < 4.78 is 2.56. The molecule has 94 valence electrons. The smallest absolute Gasteiger partial charge is 0.303 e. The Hall–Kier alpha value is -1.10. The molecule has 0 atom stereocenters. The van der Waals surface area contributed by atoms with Gasteiger partial charge in [-0.3, -0.25) is 9.59 Å². The molecule has 0 bridgehead atoms. The molecule has 0 aliphatic heterocycles. The number of aliphatic carboxylic acids is 1. The normalized spacial score (nSPS) is 10.5. The minimum Gasteiger partial charge on any atom is -0.481 e. The van der Waals surface area contributed by atoms with Crippen molar-refractivity contribution in [1.29, 1.82) is 0 Å². The summed E-state index contributed by atoms with van der Waals surface area (Å²) in [4.78, 5) is 22.1. The van der Waals surface area contributed by atoms with Crippen LogP contribution in [0.1, 0.15) is 31.2 Å². The molecule has 0 unspecified atom stereocenters. The second kappa shape index (κ2) is 6.59. The molecule has 17 heavy (non-hydrogen) atoms. The predicted molar refractivity (Wildman–Crippen MR) is 69.2 cm³/mol. The van der Waals surface area contributed by atoms with Crippen LogP contribution < -0.4 is 5.56 Å². The maximum atomic E-state index is 11.7. The van der Waals surface area contributed by atoms with Crippen LogP contribution in [0, 0.1) is 6.92 Å². The van der Waals surface area contributed by atoms with E-state index in [0.717, 1.165) is 17.3 Å². The summed E-state index contributed by atoms with van der Waals surface area (Å²) in [6.07, 6.45) is 4.28. The van der Waals surface area contributed by atoms with Gasteiger partial charge in [0, 0.05) is 29.2 Å². The average Bonchev–Trinajstić information content (AvgIpc) is 2.23. The summed E-state index contributed by atoms with van der Waals surface area (Å²) >= 11 is 3.35. The van der Waals surface area contributed by atoms with Crippen LogP contribution in [0.25, 0.3) is 0 Å². The zero-order valence-electron chi connectivity index (χ0n) is 9.78. The fourth-order valence-corrected chi connectivity index (χ4v) is 2.23. The van der Waals surface area contributed by atoms with Crippen molar-refractivity contribution in [2.75, 3.05) is 0 Å². The second-order valence-electron chi connectivity index (χ2n) is 4.04. The van der Waals surface area contributed by atoms with Crippen molar-refractivity contribution in [2.45, 2.75) is 39.2 Å². The van der Waals surface area contributed by atoms with Crippen molar-refractivity contribution in [1.82, 2.24) is 4.57 Å². The van der Waals surface area contributed by atoms with E-state index >= 15 is 0 Å². The molecule has 0 fully saturated rings. The van der Waals surface area contributed by atoms with Gasteiger partial charge in [0.1, 0.15) is 0 Å². The lowest BCUT2D eigenvalue weighted by Crippen LogP contribution is -2.21. The van der Waals surface area contributed by atoms with Gasteiger partial charge >= 0.3 is 5.97 Å². The van der Waals surface area contributed by atoms with Crippen LogP contribution in [0.4, 0.5) is 0 Å². The highest BCUT2D eigenvalue weighted by Crippen LogP contribution is 2.09. The molecule has 1 aromatic rings. The van der Waals surface area contributed by atoms with E-state index < -0.39 is 5.97 Å². The molecule has 0 radical (unpaired) electrons. The summed E-state index contributed by atoms with van der Waals surface area (Å²) in [7, 11) is 0. The van der Waals surface area contributed by atoms with Gasteiger partial charge in [-0.05, 0) is 41.8 Å². The molecule has 1 rings (SSSR count). The number of halogens is 1. The van der Waals surface area contributed by atoms with E-state index in [4.69, 9.17) is 5.11 Å². The zero-order chi connectivity index (χ0) is 12.8. The molecule has 0 aromatic carbocycles. The Labute approximate surface area is 108 Å². The van der Waals surface area contributed by atoms with Crippen LogP contribution >= 0.6 is 15.9 Å². The number of aromatic nitrogens is 1. The molecular weight excluding hydrogens is 286 g/mol. The van der Waals surface area contributed by atoms with E-state index in [2.05, 4.69) is 15.9 Å². The third kappa shape index (κ3) is 4.73. The lowest BCUT2D eigenvalue weighted by Gasteiger charge is -2.07. The van der Waals surface area contributed by atoms with Gasteiger partial charge in [0.15, 0.2) is 0 Å². The minimum atomic E-state index is -0.763. The van der Waals surface area contributed by atoms with Crippen LogP contribution in [-0.4, -0.2) is 15.6 Å². The van der Waals surface area contributed by atoms with Gasteiger partial charge in [-0.25, -0.2) is 0 Å². The van der Waals surface area contributed by atoms with Gasteiger partial charge in [0.05, 0.1) is 0 Å². The van der Waals surface area contributed by atoms with Gasteiger partial charge in [-0.15, -0.1) is 0 Å². The van der Waals surface area contributed by atoms with Crippen molar-refractivity contribution in [3.05, 3.63) is 32.7 Å². The second-order valence-corrected chi connectivity index (χ2v) is 4.96. The van der Waals surface area contributed by atoms with Crippen molar-refractivity contribution >= 4 is 21.9 Å². The van der Waals surface area contributed by atoms with Crippen LogP contribution in [0.2, 0.25) is 0 Å². The number of nitrogens with zero attached hydrogens (tertiary/aromatic N) is 1. The Bertz CT molecular complexity index is 454. The van der Waals surface area contributed by atoms with Gasteiger partial charge < -0.3 is 9.67 Å². The van der Waals surface area contributed by atoms with E-state index in [1.807, 2.05) is 0 Å². The van der Waals surface area contributed by atoms with Crippen molar-refractivity contribution < 1.29 is 9.90 Å². The fourth-order valence-electron chi connectivity index (χ4n) is 1.64. The van der Waals surface area contributed by atoms with Crippen molar-refractivity contribution in [3.8, 4) is 0 Å². The van der Waals surface area contributed by atoms with Crippen LogP contribution in [0.5, 0.6) is 0 Å². The Morgan fingerprint density at radius 3 is 2.76 bits per heavy atom. The predicted octanol–water partition coefficient (Wildman–Crippen LogP) is 2.56. The molecule has 0 saturated heterocycles. The van der Waals surface area contributed by atoms with E-state index in [1.165, 1.54) is 0 Å². The average molecular weight is 302 g/mol. The summed E-state index contributed by atoms with van der Waals surface area (Å²) in [6, 6.07) is 1.79. The van der Waals surface area contributed by atoms with Crippen LogP contribution in [0.15, 0.2) is 21.5 Å². The molecular formula is C12H16BrNO3. The molecule has 5 heteroatoms. The number of aryl methyl sites for hydroxylation is 2. The largest absolute Gasteiger partial charge is 0.481 e. The van der Waals surface area contributed by atoms with Gasteiger partial charge in [0.2, 0.25) is 0 Å². The van der Waals surface area contributed by atoms with Crippen LogP contribution in [0.3, 0.4) is 0 Å².